The Hall–Kier alpha value is -4.58. The minimum Gasteiger partial charge on any atom is -0.508 e. The second-order valence-electron chi connectivity index (χ2n) is 9.53. The molecule has 0 spiro atoms. The lowest BCUT2D eigenvalue weighted by molar-refractivity contribution is -0.123. The van der Waals surface area contributed by atoms with Gasteiger partial charge in [0.25, 0.3) is 0 Å². The van der Waals surface area contributed by atoms with Crippen LogP contribution in [0.4, 0.5) is 4.79 Å². The SMILES string of the molecule is C[C@@H](NC(=O)[C@H](Cc1ccccc1)NC(=O)OCC1c2ccccc2-c2ccccc21)c1ccc(O)cc1. The lowest BCUT2D eigenvalue weighted by atomic mass is 9.98. The average molecular weight is 507 g/mol. The number of nitrogens with one attached hydrogen (secondary N) is 2. The zero-order chi connectivity index (χ0) is 26.5. The molecule has 5 rings (SSSR count). The molecule has 3 N–H and O–H groups in total. The Morgan fingerprint density at radius 2 is 1.37 bits per heavy atom. The van der Waals surface area contributed by atoms with E-state index in [-0.39, 0.29) is 30.2 Å². The van der Waals surface area contributed by atoms with Crippen molar-refractivity contribution in [2.24, 2.45) is 0 Å². The summed E-state index contributed by atoms with van der Waals surface area (Å²) in [4.78, 5) is 26.3. The molecule has 4 aromatic carbocycles. The maximum absolute atomic E-state index is 13.3. The molecule has 2 atom stereocenters. The van der Waals surface area contributed by atoms with Crippen molar-refractivity contribution in [3.8, 4) is 16.9 Å². The van der Waals surface area contributed by atoms with Crippen LogP contribution in [0.2, 0.25) is 0 Å². The molecule has 1 aliphatic rings. The van der Waals surface area contributed by atoms with Crippen molar-refractivity contribution in [3.05, 3.63) is 125 Å². The van der Waals surface area contributed by atoms with Gasteiger partial charge in [-0.15, -0.1) is 0 Å². The molecule has 38 heavy (non-hydrogen) atoms. The third-order valence-electron chi connectivity index (χ3n) is 6.99. The van der Waals surface area contributed by atoms with Crippen LogP contribution < -0.4 is 10.6 Å². The molecule has 0 bridgehead atoms. The van der Waals surface area contributed by atoms with E-state index in [1.54, 1.807) is 24.3 Å². The minimum atomic E-state index is -0.826. The summed E-state index contributed by atoms with van der Waals surface area (Å²) in [5.41, 5.74) is 6.33. The molecule has 0 saturated carbocycles. The van der Waals surface area contributed by atoms with Crippen LogP contribution in [0.25, 0.3) is 11.1 Å². The highest BCUT2D eigenvalue weighted by atomic mass is 16.5. The van der Waals surface area contributed by atoms with Crippen LogP contribution in [-0.2, 0) is 16.0 Å². The Bertz CT molecular complexity index is 1370. The molecule has 6 heteroatoms. The Morgan fingerprint density at radius 3 is 2.00 bits per heavy atom. The Morgan fingerprint density at radius 1 is 0.789 bits per heavy atom. The lowest BCUT2D eigenvalue weighted by Crippen LogP contribution is -2.48. The van der Waals surface area contributed by atoms with Crippen LogP contribution >= 0.6 is 0 Å². The van der Waals surface area contributed by atoms with E-state index in [0.717, 1.165) is 33.4 Å². The molecular weight excluding hydrogens is 476 g/mol. The number of carbonyl (C=O) groups excluding carboxylic acids is 2. The minimum absolute atomic E-state index is 0.0657. The maximum Gasteiger partial charge on any atom is 0.407 e. The van der Waals surface area contributed by atoms with E-state index >= 15 is 0 Å². The average Bonchev–Trinajstić information content (AvgIpc) is 3.26. The van der Waals surface area contributed by atoms with Gasteiger partial charge in [-0.05, 0) is 52.4 Å². The molecule has 2 amide bonds. The number of hydrogen-bond donors (Lipinski definition) is 3. The van der Waals surface area contributed by atoms with E-state index < -0.39 is 12.1 Å². The zero-order valence-electron chi connectivity index (χ0n) is 21.1. The van der Waals surface area contributed by atoms with Crippen LogP contribution in [0, 0.1) is 0 Å². The van der Waals surface area contributed by atoms with Crippen molar-refractivity contribution in [1.29, 1.82) is 0 Å². The number of phenols is 1. The summed E-state index contributed by atoms with van der Waals surface area (Å²) in [6.07, 6.45) is -0.320. The number of phenolic OH excluding ortho intramolecular Hbond substituents is 1. The van der Waals surface area contributed by atoms with Crippen molar-refractivity contribution in [3.63, 3.8) is 0 Å². The first-order chi connectivity index (χ1) is 18.5. The highest BCUT2D eigenvalue weighted by Gasteiger charge is 2.30. The van der Waals surface area contributed by atoms with Gasteiger partial charge >= 0.3 is 6.09 Å². The second kappa shape index (κ2) is 11.2. The summed E-state index contributed by atoms with van der Waals surface area (Å²) in [5.74, 6) is -0.224. The van der Waals surface area contributed by atoms with Gasteiger partial charge in [0.2, 0.25) is 5.91 Å². The van der Waals surface area contributed by atoms with Gasteiger partial charge in [-0.2, -0.15) is 0 Å². The van der Waals surface area contributed by atoms with Crippen LogP contribution in [0.3, 0.4) is 0 Å². The fraction of sp³-hybridized carbons (Fsp3) is 0.188. The van der Waals surface area contributed by atoms with Crippen molar-refractivity contribution in [2.45, 2.75) is 31.3 Å². The number of alkyl carbamates (subject to hydrolysis) is 1. The summed E-state index contributed by atoms with van der Waals surface area (Å²) in [5, 5.41) is 15.3. The number of rotatable bonds is 8. The topological polar surface area (TPSA) is 87.7 Å². The highest BCUT2D eigenvalue weighted by molar-refractivity contribution is 5.86. The number of carbonyl (C=O) groups is 2. The number of hydrogen-bond acceptors (Lipinski definition) is 4. The summed E-state index contributed by atoms with van der Waals surface area (Å²) in [7, 11) is 0. The molecular formula is C32H30N2O4. The third kappa shape index (κ3) is 5.54. The number of fused-ring (bicyclic) bond motifs is 3. The highest BCUT2D eigenvalue weighted by Crippen LogP contribution is 2.44. The molecule has 192 valence electrons. The first-order valence-corrected chi connectivity index (χ1v) is 12.7. The fourth-order valence-electron chi connectivity index (χ4n) is 5.00. The molecule has 4 aromatic rings. The van der Waals surface area contributed by atoms with E-state index in [0.29, 0.717) is 6.42 Å². The monoisotopic (exact) mass is 506 g/mol. The predicted octanol–water partition coefficient (Wildman–Crippen LogP) is 5.72. The van der Waals surface area contributed by atoms with Gasteiger partial charge in [-0.25, -0.2) is 4.79 Å². The third-order valence-corrected chi connectivity index (χ3v) is 6.99. The zero-order valence-corrected chi connectivity index (χ0v) is 21.1. The molecule has 0 saturated heterocycles. The van der Waals surface area contributed by atoms with Crippen molar-refractivity contribution in [1.82, 2.24) is 10.6 Å². The van der Waals surface area contributed by atoms with Gasteiger partial charge in [0.05, 0.1) is 6.04 Å². The smallest absolute Gasteiger partial charge is 0.407 e. The number of aromatic hydroxyl groups is 1. The van der Waals surface area contributed by atoms with Gasteiger partial charge in [0, 0.05) is 12.3 Å². The van der Waals surface area contributed by atoms with Crippen LogP contribution in [0.15, 0.2) is 103 Å². The summed E-state index contributed by atoms with van der Waals surface area (Å²) < 4.78 is 5.70. The molecule has 0 aliphatic heterocycles. The van der Waals surface area contributed by atoms with E-state index in [9.17, 15) is 14.7 Å². The molecule has 0 heterocycles. The number of benzene rings is 4. The first-order valence-electron chi connectivity index (χ1n) is 12.7. The van der Waals surface area contributed by atoms with E-state index in [1.165, 1.54) is 0 Å². The summed E-state index contributed by atoms with van der Waals surface area (Å²) in [6.45, 7) is 2.03. The predicted molar refractivity (Wildman–Crippen MR) is 147 cm³/mol. The standard InChI is InChI=1S/C32H30N2O4/c1-21(23-15-17-24(35)18-16-23)33-31(36)30(19-22-9-3-2-4-10-22)34-32(37)38-20-29-27-13-7-5-11-25(27)26-12-6-8-14-28(26)29/h2-18,21,29-30,35H,19-20H2,1H3,(H,33,36)(H,34,37)/t21-,30+/m1/s1. The Balaban J connectivity index is 1.28. The van der Waals surface area contributed by atoms with E-state index in [4.69, 9.17) is 4.74 Å². The first kappa shape index (κ1) is 25.1. The molecule has 0 unspecified atom stereocenters. The van der Waals surface area contributed by atoms with Gasteiger partial charge in [-0.1, -0.05) is 91.0 Å². The molecule has 1 aliphatic carbocycles. The number of ether oxygens (including phenoxy) is 1. The van der Waals surface area contributed by atoms with Gasteiger partial charge in [0.1, 0.15) is 18.4 Å². The van der Waals surface area contributed by atoms with Gasteiger partial charge in [0.15, 0.2) is 0 Å². The lowest BCUT2D eigenvalue weighted by Gasteiger charge is -2.22. The van der Waals surface area contributed by atoms with Crippen LogP contribution in [0.5, 0.6) is 5.75 Å². The quantitative estimate of drug-likeness (QED) is 0.285. The van der Waals surface area contributed by atoms with Gasteiger partial charge < -0.3 is 20.5 Å². The Labute approximate surface area is 222 Å². The van der Waals surface area contributed by atoms with Crippen molar-refractivity contribution in [2.75, 3.05) is 6.61 Å². The van der Waals surface area contributed by atoms with Crippen LogP contribution in [0.1, 0.15) is 41.1 Å². The fourth-order valence-corrected chi connectivity index (χ4v) is 5.00. The van der Waals surface area contributed by atoms with Crippen molar-refractivity contribution >= 4 is 12.0 Å². The Kier molecular flexibility index (Phi) is 7.40. The largest absolute Gasteiger partial charge is 0.508 e. The van der Waals surface area contributed by atoms with E-state index in [2.05, 4.69) is 34.9 Å². The molecule has 0 radical (unpaired) electrons. The van der Waals surface area contributed by atoms with Crippen LogP contribution in [-0.4, -0.2) is 29.8 Å². The van der Waals surface area contributed by atoms with E-state index in [1.807, 2.05) is 61.5 Å². The normalized spacial score (nSPS) is 13.6. The van der Waals surface area contributed by atoms with Crippen molar-refractivity contribution < 1.29 is 19.4 Å². The second-order valence-corrected chi connectivity index (χ2v) is 9.53. The summed E-state index contributed by atoms with van der Waals surface area (Å²) in [6, 6.07) is 31.4. The number of amides is 2. The molecule has 6 nitrogen and oxygen atoms in total. The van der Waals surface area contributed by atoms with Gasteiger partial charge in [-0.3, -0.25) is 4.79 Å². The summed E-state index contributed by atoms with van der Waals surface area (Å²) >= 11 is 0. The molecule has 0 fully saturated rings. The molecule has 0 aromatic heterocycles. The maximum atomic E-state index is 13.3.